The second-order valence-electron chi connectivity index (χ2n) is 6.77. The van der Waals surface area contributed by atoms with E-state index in [0.29, 0.717) is 10.4 Å². The summed E-state index contributed by atoms with van der Waals surface area (Å²) in [6.45, 7) is 1.60. The zero-order chi connectivity index (χ0) is 21.8. The number of aromatic nitrogens is 1. The van der Waals surface area contributed by atoms with Crippen molar-refractivity contribution in [3.05, 3.63) is 69.5 Å². The molecule has 1 aromatic carbocycles. The maximum absolute atomic E-state index is 12.5. The minimum Gasteiger partial charge on any atom is -0.505 e. The molecule has 156 valence electrons. The van der Waals surface area contributed by atoms with Crippen molar-refractivity contribution in [3.63, 3.8) is 0 Å². The number of carbonyl (C=O) groups is 2. The Morgan fingerprint density at radius 1 is 1.17 bits per heavy atom. The molecule has 3 aromatic rings. The molecule has 0 saturated heterocycles. The molecule has 4 N–H and O–H groups in total. The van der Waals surface area contributed by atoms with E-state index in [1.54, 1.807) is 13.0 Å². The van der Waals surface area contributed by atoms with Gasteiger partial charge in [-0.2, -0.15) is 0 Å². The highest BCUT2D eigenvalue weighted by Crippen LogP contribution is 2.32. The van der Waals surface area contributed by atoms with E-state index in [4.69, 9.17) is 0 Å². The molecule has 0 bridgehead atoms. The number of hydrogen-bond donors (Lipinski definition) is 4. The Balaban J connectivity index is 1.83. The van der Waals surface area contributed by atoms with Crippen LogP contribution in [0.4, 0.5) is 10.5 Å². The van der Waals surface area contributed by atoms with E-state index < -0.39 is 23.6 Å². The molecule has 0 spiro atoms. The van der Waals surface area contributed by atoms with Gasteiger partial charge in [0.25, 0.3) is 5.56 Å². The van der Waals surface area contributed by atoms with Crippen LogP contribution in [0.25, 0.3) is 10.4 Å². The van der Waals surface area contributed by atoms with Crippen molar-refractivity contribution in [3.8, 4) is 16.2 Å². The molecule has 0 unspecified atom stereocenters. The maximum Gasteiger partial charge on any atom is 0.320 e. The summed E-state index contributed by atoms with van der Waals surface area (Å²) in [6.07, 6.45) is 1.12. The number of rotatable bonds is 6. The molecule has 9 heteroatoms. The number of carboxylic acid groups (broad SMARTS) is 1. The van der Waals surface area contributed by atoms with E-state index in [2.05, 4.69) is 10.6 Å². The van der Waals surface area contributed by atoms with Crippen molar-refractivity contribution < 1.29 is 19.8 Å². The van der Waals surface area contributed by atoms with Crippen LogP contribution in [0, 0.1) is 6.92 Å². The first-order valence-electron chi connectivity index (χ1n) is 9.10. The lowest BCUT2D eigenvalue weighted by molar-refractivity contribution is -0.137. The van der Waals surface area contributed by atoms with Gasteiger partial charge in [-0.1, -0.05) is 30.3 Å². The summed E-state index contributed by atoms with van der Waals surface area (Å²) in [7, 11) is 1.50. The third kappa shape index (κ3) is 4.69. The smallest absolute Gasteiger partial charge is 0.320 e. The van der Waals surface area contributed by atoms with Crippen LogP contribution in [0.1, 0.15) is 22.9 Å². The number of hydrogen-bond acceptors (Lipinski definition) is 5. The molecular formula is C21H21N3O5S. The third-order valence-corrected chi connectivity index (χ3v) is 5.73. The summed E-state index contributed by atoms with van der Waals surface area (Å²) in [6, 6.07) is 11.7. The molecule has 2 amide bonds. The van der Waals surface area contributed by atoms with Gasteiger partial charge in [-0.15, -0.1) is 11.3 Å². The zero-order valence-corrected chi connectivity index (χ0v) is 17.2. The summed E-state index contributed by atoms with van der Waals surface area (Å²) in [5, 5.41) is 24.3. The minimum absolute atomic E-state index is 0.264. The van der Waals surface area contributed by atoms with Crippen LogP contribution in [0.5, 0.6) is 5.75 Å². The van der Waals surface area contributed by atoms with Gasteiger partial charge in [-0.25, -0.2) is 4.79 Å². The zero-order valence-electron chi connectivity index (χ0n) is 16.4. The lowest BCUT2D eigenvalue weighted by atomic mass is 10.1. The van der Waals surface area contributed by atoms with Crippen LogP contribution < -0.4 is 16.2 Å². The topological polar surface area (TPSA) is 121 Å². The molecule has 0 radical (unpaired) electrons. The largest absolute Gasteiger partial charge is 0.505 e. The Kier molecular flexibility index (Phi) is 6.22. The third-order valence-electron chi connectivity index (χ3n) is 4.48. The highest BCUT2D eigenvalue weighted by Gasteiger charge is 2.22. The van der Waals surface area contributed by atoms with Crippen LogP contribution >= 0.6 is 11.3 Å². The van der Waals surface area contributed by atoms with Crippen molar-refractivity contribution in [1.29, 1.82) is 0 Å². The molecule has 0 aliphatic carbocycles. The molecule has 2 aromatic heterocycles. The average molecular weight is 427 g/mol. The van der Waals surface area contributed by atoms with Gasteiger partial charge in [0.05, 0.1) is 12.5 Å². The molecule has 0 saturated carbocycles. The number of urea groups is 1. The number of benzene rings is 1. The summed E-state index contributed by atoms with van der Waals surface area (Å²) in [5.41, 5.74) is 0.562. The summed E-state index contributed by atoms with van der Waals surface area (Å²) < 4.78 is 1.24. The predicted octanol–water partition coefficient (Wildman–Crippen LogP) is 3.47. The molecule has 3 rings (SSSR count). The first-order valence-corrected chi connectivity index (χ1v) is 9.91. The van der Waals surface area contributed by atoms with Gasteiger partial charge >= 0.3 is 12.0 Å². The van der Waals surface area contributed by atoms with Gasteiger partial charge in [0, 0.05) is 28.6 Å². The van der Waals surface area contributed by atoms with E-state index >= 15 is 0 Å². The predicted molar refractivity (Wildman–Crippen MR) is 115 cm³/mol. The number of aryl methyl sites for hydroxylation is 2. The number of aromatic hydroxyl groups is 1. The summed E-state index contributed by atoms with van der Waals surface area (Å²) in [5.74, 6) is -1.41. The normalized spacial score (nSPS) is 11.7. The van der Waals surface area contributed by atoms with Gasteiger partial charge in [-0.05, 0) is 24.6 Å². The maximum atomic E-state index is 12.5. The number of aliphatic carboxylic acids is 1. The lowest BCUT2D eigenvalue weighted by Gasteiger charge is -2.17. The van der Waals surface area contributed by atoms with E-state index in [1.807, 2.05) is 36.4 Å². The van der Waals surface area contributed by atoms with Crippen LogP contribution in [-0.4, -0.2) is 26.8 Å². The average Bonchev–Trinajstić information content (AvgIpc) is 3.20. The fourth-order valence-corrected chi connectivity index (χ4v) is 4.07. The highest BCUT2D eigenvalue weighted by molar-refractivity contribution is 7.15. The Bertz CT molecular complexity index is 1140. The van der Waals surface area contributed by atoms with Gasteiger partial charge in [0.2, 0.25) is 0 Å². The molecule has 2 heterocycles. The summed E-state index contributed by atoms with van der Waals surface area (Å²) >= 11 is 1.37. The lowest BCUT2D eigenvalue weighted by Crippen LogP contribution is -2.35. The van der Waals surface area contributed by atoms with Crippen molar-refractivity contribution in [2.24, 2.45) is 7.05 Å². The van der Waals surface area contributed by atoms with Crippen LogP contribution in [-0.2, 0) is 11.8 Å². The van der Waals surface area contributed by atoms with E-state index in [-0.39, 0.29) is 17.9 Å². The number of carboxylic acids is 1. The van der Waals surface area contributed by atoms with Gasteiger partial charge < -0.3 is 25.4 Å². The molecule has 30 heavy (non-hydrogen) atoms. The van der Waals surface area contributed by atoms with Gasteiger partial charge in [0.15, 0.2) is 5.69 Å². The highest BCUT2D eigenvalue weighted by atomic mass is 32.1. The van der Waals surface area contributed by atoms with Crippen molar-refractivity contribution in [2.75, 3.05) is 5.32 Å². The van der Waals surface area contributed by atoms with Crippen LogP contribution in [0.2, 0.25) is 0 Å². The molecule has 8 nitrogen and oxygen atoms in total. The van der Waals surface area contributed by atoms with Gasteiger partial charge in [-0.3, -0.25) is 9.59 Å². The van der Waals surface area contributed by atoms with E-state index in [0.717, 1.165) is 10.4 Å². The van der Waals surface area contributed by atoms with Crippen LogP contribution in [0.3, 0.4) is 0 Å². The number of amides is 2. The second kappa shape index (κ2) is 8.83. The van der Waals surface area contributed by atoms with Crippen molar-refractivity contribution in [1.82, 2.24) is 9.88 Å². The standard InChI is InChI=1S/C21H21N3O5S/c1-12-11-24(2)20(28)18(19(12)27)23-21(29)22-14(10-17(25)26)16-9-8-15(30-16)13-6-4-3-5-7-13/h3-9,11,14,27H,10H2,1-2H3,(H,25,26)(H2,22,23,29)/t14-/m0/s1. The fraction of sp³-hybridized carbons (Fsp3) is 0.190. The molecular weight excluding hydrogens is 406 g/mol. The summed E-state index contributed by atoms with van der Waals surface area (Å²) in [4.78, 5) is 37.7. The molecule has 0 fully saturated rings. The second-order valence-corrected chi connectivity index (χ2v) is 7.88. The Labute approximate surface area is 176 Å². The quantitative estimate of drug-likeness (QED) is 0.480. The number of thiophene rings is 1. The molecule has 0 aliphatic heterocycles. The fourth-order valence-electron chi connectivity index (χ4n) is 3.00. The van der Waals surface area contributed by atoms with Crippen LogP contribution in [0.15, 0.2) is 53.5 Å². The SMILES string of the molecule is Cc1cn(C)c(=O)c(NC(=O)N[C@@H](CC(=O)O)c2ccc(-c3ccccc3)s2)c1O. The first kappa shape index (κ1) is 21.1. The number of pyridine rings is 1. The monoisotopic (exact) mass is 427 g/mol. The number of nitrogens with one attached hydrogen (secondary N) is 2. The first-order chi connectivity index (χ1) is 14.3. The van der Waals surface area contributed by atoms with E-state index in [9.17, 15) is 24.6 Å². The number of nitrogens with zero attached hydrogens (tertiary/aromatic N) is 1. The molecule has 1 atom stereocenters. The van der Waals surface area contributed by atoms with Gasteiger partial charge in [0.1, 0.15) is 5.75 Å². The Morgan fingerprint density at radius 2 is 1.87 bits per heavy atom. The number of anilines is 1. The number of carbonyl (C=O) groups excluding carboxylic acids is 1. The van der Waals surface area contributed by atoms with E-state index in [1.165, 1.54) is 29.1 Å². The Morgan fingerprint density at radius 3 is 2.53 bits per heavy atom. The molecule has 0 aliphatic rings. The van der Waals surface area contributed by atoms with Crippen molar-refractivity contribution >= 4 is 29.0 Å². The minimum atomic E-state index is -1.08. The van der Waals surface area contributed by atoms with Crippen molar-refractivity contribution in [2.45, 2.75) is 19.4 Å². The Hall–Kier alpha value is -3.59.